The molecule has 1 heterocycles. The Kier molecular flexibility index (Phi) is 5.75. The average molecular weight is 386 g/mol. The molecule has 7 heteroatoms. The van der Waals surface area contributed by atoms with Gasteiger partial charge in [0.1, 0.15) is 0 Å². The van der Waals surface area contributed by atoms with Gasteiger partial charge in [0, 0.05) is 41.3 Å². The first kappa shape index (κ1) is 18.2. The number of rotatable bonds is 6. The van der Waals surface area contributed by atoms with Gasteiger partial charge in [0.15, 0.2) is 10.9 Å². The van der Waals surface area contributed by atoms with Crippen molar-refractivity contribution in [3.8, 4) is 5.69 Å². The largest absolute Gasteiger partial charge is 0.326 e. The van der Waals surface area contributed by atoms with Crippen LogP contribution in [0.2, 0.25) is 5.02 Å². The third kappa shape index (κ3) is 4.53. The van der Waals surface area contributed by atoms with E-state index in [0.717, 1.165) is 10.8 Å². The molecule has 0 radical (unpaired) electrons. The highest BCUT2D eigenvalue weighted by Gasteiger charge is 2.11. The number of amides is 1. The highest BCUT2D eigenvalue weighted by molar-refractivity contribution is 7.99. The minimum atomic E-state index is -0.146. The van der Waals surface area contributed by atoms with Gasteiger partial charge >= 0.3 is 0 Å². The highest BCUT2D eigenvalue weighted by Crippen LogP contribution is 2.23. The molecular weight excluding hydrogens is 370 g/mol. The van der Waals surface area contributed by atoms with Crippen molar-refractivity contribution in [3.05, 3.63) is 71.5 Å². The lowest BCUT2D eigenvalue weighted by molar-refractivity contribution is -0.114. The van der Waals surface area contributed by atoms with Crippen molar-refractivity contribution in [2.24, 2.45) is 0 Å². The third-order valence-corrected chi connectivity index (χ3v) is 4.75. The van der Waals surface area contributed by atoms with Crippen molar-refractivity contribution >= 4 is 40.7 Å². The lowest BCUT2D eigenvalue weighted by atomic mass is 10.1. The van der Waals surface area contributed by atoms with Gasteiger partial charge in [-0.25, -0.2) is 4.98 Å². The van der Waals surface area contributed by atoms with Gasteiger partial charge in [-0.05, 0) is 42.5 Å². The molecule has 2 aromatic carbocycles. The van der Waals surface area contributed by atoms with Gasteiger partial charge in [0.2, 0.25) is 5.91 Å². The molecule has 0 aliphatic rings. The number of thioether (sulfide) groups is 1. The van der Waals surface area contributed by atoms with E-state index in [1.54, 1.807) is 30.5 Å². The topological polar surface area (TPSA) is 64.0 Å². The van der Waals surface area contributed by atoms with Crippen LogP contribution in [0, 0.1) is 0 Å². The fourth-order valence-corrected chi connectivity index (χ4v) is 3.43. The summed E-state index contributed by atoms with van der Waals surface area (Å²) in [7, 11) is 0. The molecule has 26 heavy (non-hydrogen) atoms. The number of nitrogens with zero attached hydrogens (tertiary/aromatic N) is 2. The van der Waals surface area contributed by atoms with Crippen molar-refractivity contribution in [3.63, 3.8) is 0 Å². The second-order valence-corrected chi connectivity index (χ2v) is 6.91. The molecule has 1 amide bonds. The Morgan fingerprint density at radius 3 is 2.65 bits per heavy atom. The molecule has 0 aliphatic carbocycles. The van der Waals surface area contributed by atoms with Crippen LogP contribution in [0.25, 0.3) is 5.69 Å². The minimum absolute atomic E-state index is 0.00924. The number of aromatic nitrogens is 2. The maximum absolute atomic E-state index is 12.4. The molecule has 0 spiro atoms. The molecule has 0 atom stereocenters. The van der Waals surface area contributed by atoms with Crippen LogP contribution >= 0.6 is 23.4 Å². The van der Waals surface area contributed by atoms with Crippen molar-refractivity contribution in [2.75, 3.05) is 11.1 Å². The van der Waals surface area contributed by atoms with Crippen molar-refractivity contribution < 1.29 is 9.59 Å². The molecule has 0 aliphatic heterocycles. The zero-order valence-corrected chi connectivity index (χ0v) is 15.6. The van der Waals surface area contributed by atoms with Crippen LogP contribution in [-0.4, -0.2) is 27.0 Å². The number of hydrogen-bond acceptors (Lipinski definition) is 4. The van der Waals surface area contributed by atoms with Crippen molar-refractivity contribution in [1.29, 1.82) is 0 Å². The van der Waals surface area contributed by atoms with Crippen LogP contribution in [0.1, 0.15) is 17.3 Å². The number of ketones is 1. The summed E-state index contributed by atoms with van der Waals surface area (Å²) in [6.07, 6.45) is 3.52. The number of nitrogens with one attached hydrogen (secondary N) is 1. The molecule has 0 saturated carbocycles. The number of carbonyl (C=O) groups is 2. The second kappa shape index (κ2) is 8.21. The van der Waals surface area contributed by atoms with E-state index >= 15 is 0 Å². The van der Waals surface area contributed by atoms with Crippen LogP contribution in [-0.2, 0) is 4.79 Å². The van der Waals surface area contributed by atoms with E-state index in [1.807, 2.05) is 35.0 Å². The summed E-state index contributed by atoms with van der Waals surface area (Å²) < 4.78 is 1.89. The number of carbonyl (C=O) groups excluding carboxylic acids is 2. The van der Waals surface area contributed by atoms with Crippen molar-refractivity contribution in [2.45, 2.75) is 12.1 Å². The van der Waals surface area contributed by atoms with Crippen LogP contribution in [0.5, 0.6) is 0 Å². The van der Waals surface area contributed by atoms with Gasteiger partial charge in [0.25, 0.3) is 0 Å². The Balaban J connectivity index is 1.67. The molecule has 3 aromatic rings. The van der Waals surface area contributed by atoms with E-state index in [4.69, 9.17) is 11.6 Å². The quantitative estimate of drug-likeness (QED) is 0.502. The van der Waals surface area contributed by atoms with Gasteiger partial charge in [-0.3, -0.25) is 14.2 Å². The van der Waals surface area contributed by atoms with E-state index in [-0.39, 0.29) is 17.4 Å². The summed E-state index contributed by atoms with van der Waals surface area (Å²) in [4.78, 5) is 27.8. The molecule has 0 saturated heterocycles. The Morgan fingerprint density at radius 1 is 1.19 bits per heavy atom. The highest BCUT2D eigenvalue weighted by atomic mass is 35.5. The molecule has 3 rings (SSSR count). The predicted octanol–water partition coefficient (Wildman–Crippen LogP) is 4.46. The van der Waals surface area contributed by atoms with Gasteiger partial charge in [-0.2, -0.15) is 0 Å². The predicted molar refractivity (Wildman–Crippen MR) is 104 cm³/mol. The number of Topliss-reactive ketones (excluding diaryl/α,β-unsaturated/α-hetero) is 1. The molecular formula is C19H16ClN3O2S. The first-order chi connectivity index (χ1) is 12.5. The minimum Gasteiger partial charge on any atom is -0.326 e. The van der Waals surface area contributed by atoms with Gasteiger partial charge < -0.3 is 5.32 Å². The molecule has 132 valence electrons. The van der Waals surface area contributed by atoms with E-state index in [2.05, 4.69) is 10.3 Å². The first-order valence-corrected chi connectivity index (χ1v) is 9.22. The number of benzene rings is 2. The van der Waals surface area contributed by atoms with E-state index < -0.39 is 0 Å². The maximum atomic E-state index is 12.4. The fourth-order valence-electron chi connectivity index (χ4n) is 2.38. The second-order valence-electron chi connectivity index (χ2n) is 5.53. The summed E-state index contributed by atoms with van der Waals surface area (Å²) in [6.45, 7) is 1.44. The van der Waals surface area contributed by atoms with Gasteiger partial charge in [0.05, 0.1) is 5.75 Å². The zero-order valence-electron chi connectivity index (χ0n) is 14.0. The molecule has 1 N–H and O–H groups in total. The van der Waals surface area contributed by atoms with Crippen LogP contribution < -0.4 is 5.32 Å². The first-order valence-electron chi connectivity index (χ1n) is 7.86. The number of hydrogen-bond donors (Lipinski definition) is 1. The summed E-state index contributed by atoms with van der Waals surface area (Å²) in [5.74, 6) is 0.106. The Bertz CT molecular complexity index is 938. The van der Waals surface area contributed by atoms with Crippen LogP contribution in [0.3, 0.4) is 0 Å². The average Bonchev–Trinajstić information content (AvgIpc) is 3.08. The zero-order chi connectivity index (χ0) is 18.5. The Labute approximate surface area is 160 Å². The fraction of sp³-hybridized carbons (Fsp3) is 0.105. The van der Waals surface area contributed by atoms with Crippen LogP contribution in [0.4, 0.5) is 5.69 Å². The standard InChI is InChI=1S/C19H16ClN3O2S/c1-13(24)22-16-7-5-14(6-8-16)18(25)12-26-19-21-9-10-23(19)17-4-2-3-15(20)11-17/h2-11H,12H2,1H3,(H,22,24). The summed E-state index contributed by atoms with van der Waals surface area (Å²) in [5, 5.41) is 4.04. The summed E-state index contributed by atoms with van der Waals surface area (Å²) in [5.41, 5.74) is 2.15. The lowest BCUT2D eigenvalue weighted by Crippen LogP contribution is -2.07. The van der Waals surface area contributed by atoms with Gasteiger partial charge in [-0.1, -0.05) is 29.4 Å². The normalized spacial score (nSPS) is 10.5. The summed E-state index contributed by atoms with van der Waals surface area (Å²) >= 11 is 7.41. The Hall–Kier alpha value is -2.57. The van der Waals surface area contributed by atoms with Crippen LogP contribution in [0.15, 0.2) is 66.1 Å². The van der Waals surface area contributed by atoms with E-state index in [1.165, 1.54) is 18.7 Å². The third-order valence-electron chi connectivity index (χ3n) is 3.55. The van der Waals surface area contributed by atoms with Crippen molar-refractivity contribution in [1.82, 2.24) is 9.55 Å². The smallest absolute Gasteiger partial charge is 0.221 e. The Morgan fingerprint density at radius 2 is 1.96 bits per heavy atom. The SMILES string of the molecule is CC(=O)Nc1ccc(C(=O)CSc2nccn2-c2cccc(Cl)c2)cc1. The molecule has 0 bridgehead atoms. The number of halogens is 1. The monoisotopic (exact) mass is 385 g/mol. The lowest BCUT2D eigenvalue weighted by Gasteiger charge is -2.08. The van der Waals surface area contributed by atoms with E-state index in [9.17, 15) is 9.59 Å². The summed E-state index contributed by atoms with van der Waals surface area (Å²) in [6, 6.07) is 14.3. The number of imidazole rings is 1. The number of anilines is 1. The maximum Gasteiger partial charge on any atom is 0.221 e. The molecule has 0 unspecified atom stereocenters. The molecule has 5 nitrogen and oxygen atoms in total. The molecule has 1 aromatic heterocycles. The molecule has 0 fully saturated rings. The van der Waals surface area contributed by atoms with Gasteiger partial charge in [-0.15, -0.1) is 0 Å². The van der Waals surface area contributed by atoms with E-state index in [0.29, 0.717) is 16.3 Å².